The van der Waals surface area contributed by atoms with Crippen LogP contribution in [0.4, 0.5) is 0 Å². The second kappa shape index (κ2) is 5.71. The first-order valence-electron chi connectivity index (χ1n) is 7.59. The van der Waals surface area contributed by atoms with E-state index in [1.54, 1.807) is 0 Å². The zero-order chi connectivity index (χ0) is 12.4. The Kier molecular flexibility index (Phi) is 4.48. The van der Waals surface area contributed by atoms with Gasteiger partial charge in [0, 0.05) is 18.6 Å². The number of likely N-dealkylation sites (N-methyl/N-ethyl adjacent to an activating group) is 1. The van der Waals surface area contributed by atoms with Crippen molar-refractivity contribution in [3.63, 3.8) is 0 Å². The number of hydrogen-bond acceptors (Lipinski definition) is 2. The van der Waals surface area contributed by atoms with E-state index in [1.807, 2.05) is 0 Å². The van der Waals surface area contributed by atoms with Gasteiger partial charge in [-0.15, -0.1) is 0 Å². The second-order valence-corrected chi connectivity index (χ2v) is 6.60. The van der Waals surface area contributed by atoms with Gasteiger partial charge >= 0.3 is 0 Å². The molecule has 1 N–H and O–H groups in total. The first-order chi connectivity index (χ1) is 8.11. The van der Waals surface area contributed by atoms with Gasteiger partial charge in [0.1, 0.15) is 0 Å². The van der Waals surface area contributed by atoms with Gasteiger partial charge in [-0.2, -0.15) is 0 Å². The summed E-state index contributed by atoms with van der Waals surface area (Å²) in [6, 6.07) is 1.51. The smallest absolute Gasteiger partial charge is 0.0275 e. The van der Waals surface area contributed by atoms with E-state index >= 15 is 0 Å². The van der Waals surface area contributed by atoms with Crippen LogP contribution in [0, 0.1) is 17.8 Å². The molecule has 1 saturated heterocycles. The summed E-state index contributed by atoms with van der Waals surface area (Å²) in [6.07, 6.45) is 4.18. The second-order valence-electron chi connectivity index (χ2n) is 6.60. The molecule has 0 spiro atoms. The molecule has 0 aromatic heterocycles. The Labute approximate surface area is 107 Å². The summed E-state index contributed by atoms with van der Waals surface area (Å²) >= 11 is 0. The molecule has 0 amide bonds. The molecular formula is C15H30N2. The van der Waals surface area contributed by atoms with Gasteiger partial charge in [0.15, 0.2) is 0 Å². The van der Waals surface area contributed by atoms with Gasteiger partial charge in [-0.3, -0.25) is 4.90 Å². The van der Waals surface area contributed by atoms with Crippen molar-refractivity contribution in [1.82, 2.24) is 10.2 Å². The van der Waals surface area contributed by atoms with Crippen LogP contribution in [0.3, 0.4) is 0 Å². The predicted octanol–water partition coefficient (Wildman–Crippen LogP) is 2.74. The molecule has 0 aromatic carbocycles. The fraction of sp³-hybridized carbons (Fsp3) is 1.00. The maximum absolute atomic E-state index is 3.75. The number of nitrogens with zero attached hydrogens (tertiary/aromatic N) is 1. The normalized spacial score (nSPS) is 44.1. The minimum Gasteiger partial charge on any atom is -0.313 e. The molecule has 2 heteroatoms. The summed E-state index contributed by atoms with van der Waals surface area (Å²) in [7, 11) is 0. The summed E-state index contributed by atoms with van der Waals surface area (Å²) in [5.41, 5.74) is 0. The minimum absolute atomic E-state index is 0.726. The molecule has 100 valence electrons. The van der Waals surface area contributed by atoms with E-state index in [0.29, 0.717) is 0 Å². The highest BCUT2D eigenvalue weighted by Gasteiger charge is 2.39. The third-order valence-corrected chi connectivity index (χ3v) is 4.77. The van der Waals surface area contributed by atoms with E-state index in [9.17, 15) is 0 Å². The average Bonchev–Trinajstić information content (AvgIpc) is 2.64. The van der Waals surface area contributed by atoms with Gasteiger partial charge in [0.05, 0.1) is 0 Å². The van der Waals surface area contributed by atoms with Crippen LogP contribution < -0.4 is 5.32 Å². The topological polar surface area (TPSA) is 15.3 Å². The lowest BCUT2D eigenvalue weighted by molar-refractivity contribution is 0.0774. The first kappa shape index (κ1) is 13.4. The number of rotatable bonds is 3. The summed E-state index contributed by atoms with van der Waals surface area (Å²) in [5, 5.41) is 3.75. The Bertz CT molecular complexity index is 241. The standard InChI is InChI=1S/C15H30N2/c1-5-16-14-9-12(3)8-13(4)15(14)17-7-6-11(2)10-17/h11-16H,5-10H2,1-4H3. The highest BCUT2D eigenvalue weighted by atomic mass is 15.2. The van der Waals surface area contributed by atoms with Crippen molar-refractivity contribution in [1.29, 1.82) is 0 Å². The van der Waals surface area contributed by atoms with Gasteiger partial charge in [0.25, 0.3) is 0 Å². The zero-order valence-corrected chi connectivity index (χ0v) is 12.1. The third-order valence-electron chi connectivity index (χ3n) is 4.77. The van der Waals surface area contributed by atoms with Gasteiger partial charge in [-0.25, -0.2) is 0 Å². The maximum Gasteiger partial charge on any atom is 0.0275 e. The SMILES string of the molecule is CCNC1CC(C)CC(C)C1N1CCC(C)C1. The Morgan fingerprint density at radius 1 is 1.12 bits per heavy atom. The Morgan fingerprint density at radius 3 is 2.47 bits per heavy atom. The molecule has 2 fully saturated rings. The summed E-state index contributed by atoms with van der Waals surface area (Å²) in [5.74, 6) is 2.65. The summed E-state index contributed by atoms with van der Waals surface area (Å²) in [6.45, 7) is 13.3. The maximum atomic E-state index is 3.75. The van der Waals surface area contributed by atoms with E-state index in [1.165, 1.54) is 32.4 Å². The van der Waals surface area contributed by atoms with Crippen LogP contribution in [0.1, 0.15) is 47.0 Å². The van der Waals surface area contributed by atoms with Crippen molar-refractivity contribution in [3.8, 4) is 0 Å². The molecule has 2 aliphatic rings. The highest BCUT2D eigenvalue weighted by Crippen LogP contribution is 2.34. The number of nitrogens with one attached hydrogen (secondary N) is 1. The molecule has 5 unspecified atom stereocenters. The molecule has 17 heavy (non-hydrogen) atoms. The molecule has 5 atom stereocenters. The largest absolute Gasteiger partial charge is 0.313 e. The number of hydrogen-bond donors (Lipinski definition) is 1. The van der Waals surface area contributed by atoms with Crippen molar-refractivity contribution in [3.05, 3.63) is 0 Å². The number of likely N-dealkylation sites (tertiary alicyclic amines) is 1. The molecule has 0 aromatic rings. The fourth-order valence-corrected chi connectivity index (χ4v) is 4.16. The van der Waals surface area contributed by atoms with Gasteiger partial charge in [-0.1, -0.05) is 27.7 Å². The third kappa shape index (κ3) is 3.03. The van der Waals surface area contributed by atoms with Gasteiger partial charge in [-0.05, 0) is 50.1 Å². The van der Waals surface area contributed by atoms with Crippen molar-refractivity contribution in [2.75, 3.05) is 19.6 Å². The molecule has 1 heterocycles. The lowest BCUT2D eigenvalue weighted by atomic mass is 9.76. The van der Waals surface area contributed by atoms with Crippen molar-refractivity contribution in [2.45, 2.75) is 59.0 Å². The fourth-order valence-electron chi connectivity index (χ4n) is 4.16. The van der Waals surface area contributed by atoms with Crippen LogP contribution in [0.25, 0.3) is 0 Å². The Morgan fingerprint density at radius 2 is 1.88 bits per heavy atom. The summed E-state index contributed by atoms with van der Waals surface area (Å²) in [4.78, 5) is 2.77. The van der Waals surface area contributed by atoms with Crippen LogP contribution in [0.5, 0.6) is 0 Å². The molecule has 1 aliphatic carbocycles. The molecule has 2 rings (SSSR count). The highest BCUT2D eigenvalue weighted by molar-refractivity contribution is 4.95. The van der Waals surface area contributed by atoms with E-state index < -0.39 is 0 Å². The molecule has 0 radical (unpaired) electrons. The van der Waals surface area contributed by atoms with Crippen molar-refractivity contribution < 1.29 is 0 Å². The summed E-state index contributed by atoms with van der Waals surface area (Å²) < 4.78 is 0. The zero-order valence-electron chi connectivity index (χ0n) is 12.1. The van der Waals surface area contributed by atoms with E-state index in [-0.39, 0.29) is 0 Å². The Balaban J connectivity index is 2.04. The van der Waals surface area contributed by atoms with E-state index in [0.717, 1.165) is 36.4 Å². The van der Waals surface area contributed by atoms with Crippen LogP contribution in [-0.2, 0) is 0 Å². The van der Waals surface area contributed by atoms with Crippen LogP contribution in [0.2, 0.25) is 0 Å². The molecule has 0 bridgehead atoms. The molecule has 1 aliphatic heterocycles. The Hall–Kier alpha value is -0.0800. The monoisotopic (exact) mass is 238 g/mol. The quantitative estimate of drug-likeness (QED) is 0.813. The average molecular weight is 238 g/mol. The molecule has 1 saturated carbocycles. The minimum atomic E-state index is 0.726. The van der Waals surface area contributed by atoms with Gasteiger partial charge < -0.3 is 5.32 Å². The molecule has 2 nitrogen and oxygen atoms in total. The molecular weight excluding hydrogens is 208 g/mol. The first-order valence-corrected chi connectivity index (χ1v) is 7.59. The predicted molar refractivity (Wildman–Crippen MR) is 74.2 cm³/mol. The van der Waals surface area contributed by atoms with Crippen molar-refractivity contribution >= 4 is 0 Å². The van der Waals surface area contributed by atoms with Crippen LogP contribution in [-0.4, -0.2) is 36.6 Å². The van der Waals surface area contributed by atoms with Crippen LogP contribution >= 0.6 is 0 Å². The lowest BCUT2D eigenvalue weighted by Crippen LogP contribution is -2.56. The lowest BCUT2D eigenvalue weighted by Gasteiger charge is -2.45. The van der Waals surface area contributed by atoms with E-state index in [4.69, 9.17) is 0 Å². The van der Waals surface area contributed by atoms with Crippen molar-refractivity contribution in [2.24, 2.45) is 17.8 Å². The van der Waals surface area contributed by atoms with E-state index in [2.05, 4.69) is 37.9 Å². The van der Waals surface area contributed by atoms with Crippen LogP contribution in [0.15, 0.2) is 0 Å². The van der Waals surface area contributed by atoms with Gasteiger partial charge in [0.2, 0.25) is 0 Å².